The zero-order valence-electron chi connectivity index (χ0n) is 9.88. The third kappa shape index (κ3) is 2.10. The molecule has 1 aliphatic rings. The van der Waals surface area contributed by atoms with Gasteiger partial charge in [0.05, 0.1) is 12.8 Å². The van der Waals surface area contributed by atoms with E-state index in [0.29, 0.717) is 17.4 Å². The predicted molar refractivity (Wildman–Crippen MR) is 62.0 cm³/mol. The first kappa shape index (κ1) is 11.2. The molecule has 2 rings (SSSR count). The highest BCUT2D eigenvalue weighted by molar-refractivity contribution is 5.24. The van der Waals surface area contributed by atoms with Crippen LogP contribution < -0.4 is 10.3 Å². The lowest BCUT2D eigenvalue weighted by molar-refractivity contribution is 0.393. The highest BCUT2D eigenvalue weighted by atomic mass is 16.5. The number of H-pyrrole nitrogens is 1. The minimum absolute atomic E-state index is 0.157. The number of ether oxygens (including phenoxy) is 1. The Labute approximate surface area is 95.1 Å². The van der Waals surface area contributed by atoms with Crippen molar-refractivity contribution in [1.82, 2.24) is 9.97 Å². The quantitative estimate of drug-likeness (QED) is 0.834. The van der Waals surface area contributed by atoms with Crippen molar-refractivity contribution >= 4 is 0 Å². The fourth-order valence-electron chi connectivity index (χ4n) is 2.41. The van der Waals surface area contributed by atoms with E-state index in [1.54, 1.807) is 0 Å². The maximum Gasteiger partial charge on any atom is 0.293 e. The summed E-state index contributed by atoms with van der Waals surface area (Å²) in [6.45, 7) is 1.82. The Bertz CT molecular complexity index is 420. The van der Waals surface area contributed by atoms with Crippen LogP contribution in [0.25, 0.3) is 0 Å². The van der Waals surface area contributed by atoms with Gasteiger partial charge in [0.25, 0.3) is 5.56 Å². The fraction of sp³-hybridized carbons (Fsp3) is 0.667. The molecule has 1 saturated carbocycles. The van der Waals surface area contributed by atoms with Crippen molar-refractivity contribution in [3.8, 4) is 5.75 Å². The standard InChI is InChI=1S/C12H18N2O2/c1-8-10(16-2)12(15)14-11(13-8)9-6-4-3-5-7-9/h9H,3-7H2,1-2H3,(H,13,14,15). The average Bonchev–Trinajstić information content (AvgIpc) is 2.30. The maximum atomic E-state index is 11.7. The van der Waals surface area contributed by atoms with Gasteiger partial charge >= 0.3 is 0 Å². The number of hydrogen-bond donors (Lipinski definition) is 1. The Morgan fingerprint density at radius 2 is 2.00 bits per heavy atom. The Balaban J connectivity index is 2.31. The molecule has 1 N–H and O–H groups in total. The van der Waals surface area contributed by atoms with E-state index in [1.165, 1.54) is 26.4 Å². The van der Waals surface area contributed by atoms with Crippen LogP contribution in [0.2, 0.25) is 0 Å². The van der Waals surface area contributed by atoms with Crippen LogP contribution in [-0.4, -0.2) is 17.1 Å². The smallest absolute Gasteiger partial charge is 0.293 e. The number of aromatic nitrogens is 2. The SMILES string of the molecule is COc1c(C)nc(C2CCCCC2)[nH]c1=O. The van der Waals surface area contributed by atoms with Crippen LogP contribution in [0.1, 0.15) is 49.5 Å². The lowest BCUT2D eigenvalue weighted by Crippen LogP contribution is -2.19. The number of nitrogens with one attached hydrogen (secondary N) is 1. The third-order valence-electron chi connectivity index (χ3n) is 3.26. The molecule has 1 fully saturated rings. The average molecular weight is 222 g/mol. The Morgan fingerprint density at radius 1 is 1.31 bits per heavy atom. The second-order valence-electron chi connectivity index (χ2n) is 4.40. The number of rotatable bonds is 2. The molecule has 1 aromatic heterocycles. The topological polar surface area (TPSA) is 55.0 Å². The second-order valence-corrected chi connectivity index (χ2v) is 4.40. The summed E-state index contributed by atoms with van der Waals surface area (Å²) in [4.78, 5) is 19.0. The zero-order chi connectivity index (χ0) is 11.5. The number of hydrogen-bond acceptors (Lipinski definition) is 3. The van der Waals surface area contributed by atoms with Crippen molar-refractivity contribution < 1.29 is 4.74 Å². The number of nitrogens with zero attached hydrogens (tertiary/aromatic N) is 1. The van der Waals surface area contributed by atoms with Crippen LogP contribution in [0.4, 0.5) is 0 Å². The molecular formula is C12H18N2O2. The summed E-state index contributed by atoms with van der Waals surface area (Å²) >= 11 is 0. The summed E-state index contributed by atoms with van der Waals surface area (Å²) in [6, 6.07) is 0. The van der Waals surface area contributed by atoms with Crippen LogP contribution in [0.3, 0.4) is 0 Å². The van der Waals surface area contributed by atoms with Gasteiger partial charge in [0, 0.05) is 5.92 Å². The monoisotopic (exact) mass is 222 g/mol. The van der Waals surface area contributed by atoms with E-state index in [0.717, 1.165) is 18.7 Å². The van der Waals surface area contributed by atoms with Gasteiger partial charge in [-0.15, -0.1) is 0 Å². The van der Waals surface area contributed by atoms with Gasteiger partial charge in [-0.2, -0.15) is 0 Å². The van der Waals surface area contributed by atoms with Gasteiger partial charge in [-0.25, -0.2) is 4.98 Å². The van der Waals surface area contributed by atoms with Gasteiger partial charge in [0.1, 0.15) is 5.82 Å². The summed E-state index contributed by atoms with van der Waals surface area (Å²) in [5.74, 6) is 1.59. The van der Waals surface area contributed by atoms with Gasteiger partial charge in [-0.05, 0) is 19.8 Å². The van der Waals surface area contributed by atoms with Crippen molar-refractivity contribution in [1.29, 1.82) is 0 Å². The lowest BCUT2D eigenvalue weighted by Gasteiger charge is -2.21. The summed E-state index contributed by atoms with van der Waals surface area (Å²) < 4.78 is 5.01. The molecule has 1 heterocycles. The summed E-state index contributed by atoms with van der Waals surface area (Å²) in [6.07, 6.45) is 6.04. The molecule has 0 saturated heterocycles. The molecule has 1 aliphatic carbocycles. The third-order valence-corrected chi connectivity index (χ3v) is 3.26. The molecule has 0 aliphatic heterocycles. The van der Waals surface area contributed by atoms with Crippen molar-refractivity contribution in [3.63, 3.8) is 0 Å². The molecule has 0 bridgehead atoms. The molecule has 88 valence electrons. The zero-order valence-corrected chi connectivity index (χ0v) is 9.88. The van der Waals surface area contributed by atoms with E-state index in [1.807, 2.05) is 6.92 Å². The molecule has 0 radical (unpaired) electrons. The van der Waals surface area contributed by atoms with Gasteiger partial charge in [-0.3, -0.25) is 4.79 Å². The number of methoxy groups -OCH3 is 1. The van der Waals surface area contributed by atoms with E-state index in [2.05, 4.69) is 9.97 Å². The molecule has 4 heteroatoms. The van der Waals surface area contributed by atoms with Crippen molar-refractivity contribution in [2.45, 2.75) is 44.9 Å². The van der Waals surface area contributed by atoms with Crippen LogP contribution >= 0.6 is 0 Å². The van der Waals surface area contributed by atoms with Crippen molar-refractivity contribution in [2.75, 3.05) is 7.11 Å². The van der Waals surface area contributed by atoms with Gasteiger partial charge in [0.2, 0.25) is 5.75 Å². The summed E-state index contributed by atoms with van der Waals surface area (Å²) in [7, 11) is 1.50. The molecule has 0 atom stereocenters. The molecule has 0 spiro atoms. The van der Waals surface area contributed by atoms with E-state index in [9.17, 15) is 4.79 Å². The highest BCUT2D eigenvalue weighted by Crippen LogP contribution is 2.30. The Kier molecular flexibility index (Phi) is 3.27. The first-order valence-electron chi connectivity index (χ1n) is 5.87. The van der Waals surface area contributed by atoms with E-state index >= 15 is 0 Å². The summed E-state index contributed by atoms with van der Waals surface area (Å²) in [5.41, 5.74) is 0.530. The Morgan fingerprint density at radius 3 is 2.56 bits per heavy atom. The first-order valence-corrected chi connectivity index (χ1v) is 5.87. The largest absolute Gasteiger partial charge is 0.490 e. The second kappa shape index (κ2) is 4.68. The fourth-order valence-corrected chi connectivity index (χ4v) is 2.41. The molecule has 0 amide bonds. The molecule has 0 aromatic carbocycles. The van der Waals surface area contributed by atoms with Crippen LogP contribution in [0.5, 0.6) is 5.75 Å². The number of aromatic amines is 1. The van der Waals surface area contributed by atoms with E-state index in [-0.39, 0.29) is 5.56 Å². The van der Waals surface area contributed by atoms with Crippen LogP contribution in [0, 0.1) is 6.92 Å². The first-order chi connectivity index (χ1) is 7.72. The van der Waals surface area contributed by atoms with Crippen LogP contribution in [0.15, 0.2) is 4.79 Å². The van der Waals surface area contributed by atoms with Gasteiger partial charge in [0.15, 0.2) is 0 Å². The van der Waals surface area contributed by atoms with Gasteiger partial charge < -0.3 is 9.72 Å². The molecule has 4 nitrogen and oxygen atoms in total. The molecular weight excluding hydrogens is 204 g/mol. The van der Waals surface area contributed by atoms with Crippen molar-refractivity contribution in [2.24, 2.45) is 0 Å². The Hall–Kier alpha value is -1.32. The molecule has 16 heavy (non-hydrogen) atoms. The summed E-state index contributed by atoms with van der Waals surface area (Å²) in [5, 5.41) is 0. The van der Waals surface area contributed by atoms with Gasteiger partial charge in [-0.1, -0.05) is 19.3 Å². The van der Waals surface area contributed by atoms with E-state index < -0.39 is 0 Å². The minimum atomic E-state index is -0.157. The highest BCUT2D eigenvalue weighted by Gasteiger charge is 2.19. The minimum Gasteiger partial charge on any atom is -0.490 e. The maximum absolute atomic E-state index is 11.7. The normalized spacial score (nSPS) is 17.4. The molecule has 0 unspecified atom stereocenters. The van der Waals surface area contributed by atoms with Crippen molar-refractivity contribution in [3.05, 3.63) is 21.9 Å². The van der Waals surface area contributed by atoms with Crippen LogP contribution in [-0.2, 0) is 0 Å². The predicted octanol–water partition coefficient (Wildman–Crippen LogP) is 2.13. The number of aryl methyl sites for hydroxylation is 1. The van der Waals surface area contributed by atoms with E-state index in [4.69, 9.17) is 4.74 Å². The molecule has 1 aromatic rings. The lowest BCUT2D eigenvalue weighted by atomic mass is 9.88.